The maximum absolute atomic E-state index is 11.0. The predicted molar refractivity (Wildman–Crippen MR) is 73.7 cm³/mol. The molecule has 0 saturated carbocycles. The Kier molecular flexibility index (Phi) is 4.01. The number of hydrogen-bond acceptors (Lipinski definition) is 5. The van der Waals surface area contributed by atoms with Gasteiger partial charge in [0, 0.05) is 4.90 Å². The topological polar surface area (TPSA) is 68.9 Å². The van der Waals surface area contributed by atoms with Crippen LogP contribution in [0.4, 0.5) is 5.69 Å². The molecule has 98 valence electrons. The Morgan fingerprint density at radius 3 is 2.68 bits per heavy atom. The Balaban J connectivity index is 2.44. The van der Waals surface area contributed by atoms with Crippen LogP contribution in [0.15, 0.2) is 34.4 Å². The summed E-state index contributed by atoms with van der Waals surface area (Å²) in [4.78, 5) is 18.9. The maximum Gasteiger partial charge on any atom is 0.338 e. The number of benzene rings is 1. The van der Waals surface area contributed by atoms with Gasteiger partial charge in [-0.05, 0) is 25.5 Å². The van der Waals surface area contributed by atoms with E-state index in [1.807, 2.05) is 32.0 Å². The fourth-order valence-electron chi connectivity index (χ4n) is 1.59. The van der Waals surface area contributed by atoms with E-state index in [0.29, 0.717) is 0 Å². The minimum Gasteiger partial charge on any atom is -0.258 e. The zero-order valence-electron chi connectivity index (χ0n) is 10.3. The fraction of sp³-hybridized carbons (Fsp3) is 0.167. The highest BCUT2D eigenvalue weighted by Gasteiger charge is 2.22. The average Bonchev–Trinajstić information content (AvgIpc) is 2.32. The highest BCUT2D eigenvalue weighted by molar-refractivity contribution is 7.99. The summed E-state index contributed by atoms with van der Waals surface area (Å²) in [6, 6.07) is 5.87. The van der Waals surface area contributed by atoms with Crippen molar-refractivity contribution in [3.8, 4) is 0 Å². The van der Waals surface area contributed by atoms with Gasteiger partial charge in [-0.1, -0.05) is 41.1 Å². The third kappa shape index (κ3) is 3.02. The minimum atomic E-state index is -0.561. The Hall–Kier alpha value is -1.66. The molecule has 0 saturated heterocycles. The fourth-order valence-corrected chi connectivity index (χ4v) is 2.78. The molecule has 0 aliphatic carbocycles. The number of aromatic nitrogens is 2. The molecule has 5 nitrogen and oxygen atoms in total. The minimum absolute atomic E-state index is 0.146. The molecular formula is C12H10ClN3O2S. The Morgan fingerprint density at radius 1 is 1.32 bits per heavy atom. The van der Waals surface area contributed by atoms with E-state index in [2.05, 4.69) is 9.97 Å². The molecule has 0 unspecified atom stereocenters. The first-order chi connectivity index (χ1) is 8.99. The molecule has 7 heteroatoms. The van der Waals surface area contributed by atoms with Crippen LogP contribution in [0.1, 0.15) is 11.1 Å². The van der Waals surface area contributed by atoms with Crippen LogP contribution in [0.5, 0.6) is 0 Å². The van der Waals surface area contributed by atoms with Gasteiger partial charge in [0.05, 0.1) is 4.92 Å². The van der Waals surface area contributed by atoms with E-state index in [1.165, 1.54) is 18.1 Å². The van der Waals surface area contributed by atoms with Gasteiger partial charge in [-0.25, -0.2) is 9.97 Å². The van der Waals surface area contributed by atoms with Crippen LogP contribution in [0.25, 0.3) is 0 Å². The van der Waals surface area contributed by atoms with Gasteiger partial charge in [0.15, 0.2) is 5.03 Å². The number of rotatable bonds is 3. The van der Waals surface area contributed by atoms with Gasteiger partial charge in [0.2, 0.25) is 5.15 Å². The normalized spacial score (nSPS) is 10.5. The van der Waals surface area contributed by atoms with Crippen molar-refractivity contribution in [2.45, 2.75) is 23.8 Å². The van der Waals surface area contributed by atoms with Gasteiger partial charge in [0.25, 0.3) is 0 Å². The molecular weight excluding hydrogens is 286 g/mol. The van der Waals surface area contributed by atoms with E-state index in [-0.39, 0.29) is 15.9 Å². The maximum atomic E-state index is 11.0. The summed E-state index contributed by atoms with van der Waals surface area (Å²) >= 11 is 6.96. The molecule has 0 spiro atoms. The quantitative estimate of drug-likeness (QED) is 0.489. The standard InChI is InChI=1S/C12H10ClN3O2S/c1-7-3-4-9(8(2)5-7)19-12-10(16(17)18)11(13)14-6-15-12/h3-6H,1-2H3. The van der Waals surface area contributed by atoms with E-state index in [0.717, 1.165) is 16.0 Å². The van der Waals surface area contributed by atoms with Crippen LogP contribution >= 0.6 is 23.4 Å². The lowest BCUT2D eigenvalue weighted by Crippen LogP contribution is -1.96. The van der Waals surface area contributed by atoms with Crippen LogP contribution in [-0.2, 0) is 0 Å². The molecule has 0 bridgehead atoms. The van der Waals surface area contributed by atoms with Gasteiger partial charge in [-0.15, -0.1) is 0 Å². The van der Waals surface area contributed by atoms with Crippen molar-refractivity contribution in [2.75, 3.05) is 0 Å². The van der Waals surface area contributed by atoms with Gasteiger partial charge in [-0.3, -0.25) is 10.1 Å². The molecule has 0 radical (unpaired) electrons. The van der Waals surface area contributed by atoms with Crippen LogP contribution in [0.3, 0.4) is 0 Å². The largest absolute Gasteiger partial charge is 0.338 e. The van der Waals surface area contributed by atoms with E-state index >= 15 is 0 Å². The first-order valence-electron chi connectivity index (χ1n) is 5.39. The van der Waals surface area contributed by atoms with Crippen LogP contribution in [0, 0.1) is 24.0 Å². The van der Waals surface area contributed by atoms with Crippen molar-refractivity contribution in [3.63, 3.8) is 0 Å². The summed E-state index contributed by atoms with van der Waals surface area (Å²) in [6.45, 7) is 3.94. The lowest BCUT2D eigenvalue weighted by molar-refractivity contribution is -0.388. The SMILES string of the molecule is Cc1ccc(Sc2ncnc(Cl)c2[N+](=O)[O-])c(C)c1. The lowest BCUT2D eigenvalue weighted by atomic mass is 10.2. The molecule has 1 heterocycles. The van der Waals surface area contributed by atoms with Gasteiger partial charge in [0.1, 0.15) is 6.33 Å². The molecule has 0 aliphatic heterocycles. The van der Waals surface area contributed by atoms with Gasteiger partial charge in [-0.2, -0.15) is 0 Å². The number of aryl methyl sites for hydroxylation is 2. The van der Waals surface area contributed by atoms with Crippen molar-refractivity contribution in [3.05, 3.63) is 50.9 Å². The van der Waals surface area contributed by atoms with Gasteiger partial charge < -0.3 is 0 Å². The average molecular weight is 296 g/mol. The summed E-state index contributed by atoms with van der Waals surface area (Å²) in [5, 5.41) is 11.1. The van der Waals surface area contributed by atoms with Crippen molar-refractivity contribution in [2.24, 2.45) is 0 Å². The molecule has 0 fully saturated rings. The molecule has 0 amide bonds. The second kappa shape index (κ2) is 5.54. The van der Waals surface area contributed by atoms with E-state index in [9.17, 15) is 10.1 Å². The van der Waals surface area contributed by atoms with Crippen molar-refractivity contribution in [1.29, 1.82) is 0 Å². The Bertz CT molecular complexity index is 649. The smallest absolute Gasteiger partial charge is 0.258 e. The van der Waals surface area contributed by atoms with Crippen molar-refractivity contribution >= 4 is 29.1 Å². The number of nitrogens with zero attached hydrogens (tertiary/aromatic N) is 3. The third-order valence-electron chi connectivity index (χ3n) is 2.46. The molecule has 1 aromatic heterocycles. The molecule has 0 aliphatic rings. The van der Waals surface area contributed by atoms with Crippen LogP contribution in [0.2, 0.25) is 5.15 Å². The number of nitro groups is 1. The van der Waals surface area contributed by atoms with E-state index in [4.69, 9.17) is 11.6 Å². The Morgan fingerprint density at radius 2 is 2.05 bits per heavy atom. The summed E-state index contributed by atoms with van der Waals surface area (Å²) in [5.74, 6) is 0. The molecule has 2 rings (SSSR count). The van der Waals surface area contributed by atoms with Crippen molar-refractivity contribution < 1.29 is 4.92 Å². The second-order valence-electron chi connectivity index (χ2n) is 3.95. The highest BCUT2D eigenvalue weighted by atomic mass is 35.5. The van der Waals surface area contributed by atoms with E-state index < -0.39 is 4.92 Å². The predicted octanol–water partition coefficient (Wildman–Crippen LogP) is 3.81. The summed E-state index contributed by atoms with van der Waals surface area (Å²) < 4.78 is 0. The number of halogens is 1. The van der Waals surface area contributed by atoms with Gasteiger partial charge >= 0.3 is 5.69 Å². The van der Waals surface area contributed by atoms with Crippen molar-refractivity contribution in [1.82, 2.24) is 9.97 Å². The lowest BCUT2D eigenvalue weighted by Gasteiger charge is -2.06. The summed E-state index contributed by atoms with van der Waals surface area (Å²) in [7, 11) is 0. The summed E-state index contributed by atoms with van der Waals surface area (Å²) in [6.07, 6.45) is 1.22. The summed E-state index contributed by atoms with van der Waals surface area (Å²) in [5.41, 5.74) is 1.92. The zero-order chi connectivity index (χ0) is 14.0. The zero-order valence-corrected chi connectivity index (χ0v) is 11.8. The van der Waals surface area contributed by atoms with Crippen LogP contribution in [-0.4, -0.2) is 14.9 Å². The molecule has 0 N–H and O–H groups in total. The number of hydrogen-bond donors (Lipinski definition) is 0. The first-order valence-corrected chi connectivity index (χ1v) is 6.58. The second-order valence-corrected chi connectivity index (χ2v) is 5.34. The monoisotopic (exact) mass is 295 g/mol. The highest BCUT2D eigenvalue weighted by Crippen LogP contribution is 2.37. The molecule has 2 aromatic rings. The Labute approximate surface area is 119 Å². The van der Waals surface area contributed by atoms with E-state index in [1.54, 1.807) is 0 Å². The molecule has 0 atom stereocenters. The first kappa shape index (κ1) is 13.8. The molecule has 1 aromatic carbocycles. The van der Waals surface area contributed by atoms with Crippen LogP contribution < -0.4 is 0 Å². The third-order valence-corrected chi connectivity index (χ3v) is 3.91. The molecule has 19 heavy (non-hydrogen) atoms.